The molecule has 1 aromatic carbocycles. The molecule has 3 aromatic rings. The van der Waals surface area contributed by atoms with Crippen LogP contribution in [0.15, 0.2) is 55.8 Å². The lowest BCUT2D eigenvalue weighted by atomic mass is 9.95. The molecule has 2 aromatic heterocycles. The Morgan fingerprint density at radius 1 is 1.18 bits per heavy atom. The summed E-state index contributed by atoms with van der Waals surface area (Å²) in [6, 6.07) is 8.42. The highest BCUT2D eigenvalue weighted by molar-refractivity contribution is 7.07. The number of benzene rings is 1. The van der Waals surface area contributed by atoms with Crippen molar-refractivity contribution in [1.82, 2.24) is 4.57 Å². The molecular formula is C28H33N4O6S+. The quantitative estimate of drug-likeness (QED) is 0.431. The molecule has 39 heavy (non-hydrogen) atoms. The molecule has 4 heterocycles. The molecule has 1 saturated heterocycles. The van der Waals surface area contributed by atoms with Gasteiger partial charge in [-0.25, -0.2) is 9.79 Å². The number of hydrogen-bond donors (Lipinski definition) is 1. The number of aromatic nitrogens is 1. The van der Waals surface area contributed by atoms with Crippen molar-refractivity contribution < 1.29 is 28.3 Å². The van der Waals surface area contributed by atoms with E-state index in [1.54, 1.807) is 50.8 Å². The number of ether oxygens (including phenoxy) is 3. The lowest BCUT2D eigenvalue weighted by molar-refractivity contribution is -0.880. The van der Waals surface area contributed by atoms with Crippen molar-refractivity contribution in [3.05, 3.63) is 72.6 Å². The fourth-order valence-corrected chi connectivity index (χ4v) is 5.98. The molecule has 0 aliphatic carbocycles. The number of rotatable bonds is 7. The van der Waals surface area contributed by atoms with E-state index in [9.17, 15) is 9.59 Å². The number of carbonyl (C=O) groups excluding carboxylic acids is 1. The van der Waals surface area contributed by atoms with Crippen LogP contribution >= 0.6 is 11.3 Å². The Kier molecular flexibility index (Phi) is 7.62. The number of piperazine rings is 1. The van der Waals surface area contributed by atoms with Gasteiger partial charge in [-0.3, -0.25) is 9.36 Å². The predicted octanol–water partition coefficient (Wildman–Crippen LogP) is 0.743. The van der Waals surface area contributed by atoms with Crippen LogP contribution < -0.4 is 34.2 Å². The summed E-state index contributed by atoms with van der Waals surface area (Å²) in [7, 11) is 5.29. The molecule has 206 valence electrons. The Morgan fingerprint density at radius 2 is 1.92 bits per heavy atom. The third-order valence-electron chi connectivity index (χ3n) is 7.05. The minimum absolute atomic E-state index is 0.203. The van der Waals surface area contributed by atoms with E-state index in [1.807, 2.05) is 18.2 Å². The van der Waals surface area contributed by atoms with Gasteiger partial charge in [-0.2, -0.15) is 0 Å². The minimum atomic E-state index is -0.748. The number of fused-ring (bicyclic) bond motifs is 1. The number of hydrogen-bond acceptors (Lipinski definition) is 9. The number of methoxy groups -OCH3 is 2. The lowest BCUT2D eigenvalue weighted by Crippen LogP contribution is -3.12. The van der Waals surface area contributed by atoms with Gasteiger partial charge in [-0.05, 0) is 37.6 Å². The number of quaternary nitrogens is 1. The molecule has 10 nitrogen and oxygen atoms in total. The summed E-state index contributed by atoms with van der Waals surface area (Å²) in [5.74, 6) is 1.90. The lowest BCUT2D eigenvalue weighted by Gasteiger charge is -2.29. The molecule has 2 aliphatic heterocycles. The number of allylic oxidation sites excluding steroid dienone is 1. The Labute approximate surface area is 230 Å². The van der Waals surface area contributed by atoms with E-state index in [4.69, 9.17) is 18.6 Å². The standard InChI is InChI=1S/C28H32N4O6S/c1-6-37-27(34)24-17(2)29-28-32(25(24)18-7-9-20(35-4)21(15-18)36-5)26(33)22(39-28)16-19-8-10-23(38-19)31-13-11-30(3)12-14-31/h7-10,15-16,25H,6,11-14H2,1-5H3/p+1/b22-16+/t25-/m1/s1. The van der Waals surface area contributed by atoms with Crippen molar-refractivity contribution in [2.24, 2.45) is 4.99 Å². The molecule has 0 amide bonds. The molecule has 0 spiro atoms. The van der Waals surface area contributed by atoms with Crippen molar-refractivity contribution in [3.8, 4) is 11.5 Å². The van der Waals surface area contributed by atoms with Gasteiger partial charge in [0, 0.05) is 12.1 Å². The van der Waals surface area contributed by atoms with Gasteiger partial charge in [0.05, 0.1) is 75.9 Å². The molecule has 0 radical (unpaired) electrons. The molecule has 0 saturated carbocycles. The van der Waals surface area contributed by atoms with Crippen molar-refractivity contribution in [2.75, 3.05) is 59.0 Å². The van der Waals surface area contributed by atoms with Crippen molar-refractivity contribution in [1.29, 1.82) is 0 Å². The second-order valence-corrected chi connectivity index (χ2v) is 10.5. The average molecular weight is 554 g/mol. The summed E-state index contributed by atoms with van der Waals surface area (Å²) in [5, 5.41) is 0. The second-order valence-electron chi connectivity index (χ2n) is 9.54. The Bertz CT molecular complexity index is 1590. The topological polar surface area (TPSA) is 99.9 Å². The highest BCUT2D eigenvalue weighted by Gasteiger charge is 2.34. The SMILES string of the molecule is CCOC(=O)C1=C(C)N=c2s/c(=C/c3ccc(N4CC[NH+](C)CC4)o3)c(=O)n2[C@@H]1c1ccc(OC)c(OC)c1. The highest BCUT2D eigenvalue weighted by atomic mass is 32.1. The van der Waals surface area contributed by atoms with Gasteiger partial charge in [-0.1, -0.05) is 17.4 Å². The van der Waals surface area contributed by atoms with Crippen LogP contribution in [0.3, 0.4) is 0 Å². The van der Waals surface area contributed by atoms with E-state index in [-0.39, 0.29) is 12.2 Å². The average Bonchev–Trinajstić information content (AvgIpc) is 3.52. The summed E-state index contributed by atoms with van der Waals surface area (Å²) >= 11 is 1.26. The van der Waals surface area contributed by atoms with Crippen molar-refractivity contribution >= 4 is 29.3 Å². The molecular weight excluding hydrogens is 520 g/mol. The molecule has 0 unspecified atom stereocenters. The first-order chi connectivity index (χ1) is 18.8. The fraction of sp³-hybridized carbons (Fsp3) is 0.393. The van der Waals surface area contributed by atoms with E-state index in [0.717, 1.165) is 32.1 Å². The number of thiazole rings is 1. The molecule has 1 atom stereocenters. The molecule has 0 bridgehead atoms. The summed E-state index contributed by atoms with van der Waals surface area (Å²) in [6.45, 7) is 7.64. The van der Waals surface area contributed by atoms with Crippen LogP contribution in [0, 0.1) is 0 Å². The predicted molar refractivity (Wildman–Crippen MR) is 147 cm³/mol. The van der Waals surface area contributed by atoms with Crippen LogP contribution in [-0.4, -0.2) is 64.6 Å². The van der Waals surface area contributed by atoms with E-state index in [0.29, 0.717) is 43.4 Å². The highest BCUT2D eigenvalue weighted by Crippen LogP contribution is 2.36. The maximum Gasteiger partial charge on any atom is 0.338 e. The summed E-state index contributed by atoms with van der Waals surface area (Å²) < 4.78 is 24.4. The monoisotopic (exact) mass is 553 g/mol. The normalized spacial score (nSPS) is 18.1. The fourth-order valence-electron chi connectivity index (χ4n) is 4.96. The van der Waals surface area contributed by atoms with E-state index in [2.05, 4.69) is 16.9 Å². The maximum atomic E-state index is 13.9. The van der Waals surface area contributed by atoms with Crippen LogP contribution in [0.25, 0.3) is 6.08 Å². The number of nitrogens with one attached hydrogen (secondary N) is 1. The van der Waals surface area contributed by atoms with Crippen molar-refractivity contribution in [3.63, 3.8) is 0 Å². The number of likely N-dealkylation sites (N-methyl/N-ethyl adjacent to an activating group) is 1. The maximum absolute atomic E-state index is 13.9. The minimum Gasteiger partial charge on any atom is -0.493 e. The van der Waals surface area contributed by atoms with Crippen LogP contribution in [0.2, 0.25) is 0 Å². The van der Waals surface area contributed by atoms with Crippen molar-refractivity contribution in [2.45, 2.75) is 19.9 Å². The van der Waals surface area contributed by atoms with Gasteiger partial charge in [0.2, 0.25) is 0 Å². The van der Waals surface area contributed by atoms with Gasteiger partial charge in [0.25, 0.3) is 5.56 Å². The van der Waals surface area contributed by atoms with Crippen LogP contribution in [0.1, 0.15) is 31.2 Å². The third kappa shape index (κ3) is 5.11. The zero-order valence-electron chi connectivity index (χ0n) is 22.8. The van der Waals surface area contributed by atoms with E-state index < -0.39 is 12.0 Å². The number of anilines is 1. The first-order valence-corrected chi connectivity index (χ1v) is 13.7. The van der Waals surface area contributed by atoms with Gasteiger partial charge in [0.1, 0.15) is 5.76 Å². The van der Waals surface area contributed by atoms with Crippen LogP contribution in [0.5, 0.6) is 11.5 Å². The molecule has 1 fully saturated rings. The van der Waals surface area contributed by atoms with Crippen LogP contribution in [0.4, 0.5) is 5.88 Å². The van der Waals surface area contributed by atoms with Gasteiger partial charge in [-0.15, -0.1) is 0 Å². The smallest absolute Gasteiger partial charge is 0.338 e. The summed E-state index contributed by atoms with van der Waals surface area (Å²) in [6.07, 6.45) is 1.74. The van der Waals surface area contributed by atoms with E-state index >= 15 is 0 Å². The molecule has 2 aliphatic rings. The van der Waals surface area contributed by atoms with Crippen LogP contribution in [-0.2, 0) is 9.53 Å². The Balaban J connectivity index is 1.60. The van der Waals surface area contributed by atoms with Gasteiger partial charge in [0.15, 0.2) is 22.2 Å². The summed E-state index contributed by atoms with van der Waals surface area (Å²) in [4.78, 5) is 35.8. The van der Waals surface area contributed by atoms with Gasteiger partial charge < -0.3 is 28.4 Å². The zero-order chi connectivity index (χ0) is 27.7. The van der Waals surface area contributed by atoms with E-state index in [1.165, 1.54) is 16.2 Å². The largest absolute Gasteiger partial charge is 0.493 e. The zero-order valence-corrected chi connectivity index (χ0v) is 23.6. The Hall–Kier alpha value is -3.83. The number of furan rings is 1. The van der Waals surface area contributed by atoms with Gasteiger partial charge >= 0.3 is 5.97 Å². The number of carbonyl (C=O) groups is 1. The second kappa shape index (κ2) is 11.1. The Morgan fingerprint density at radius 3 is 2.62 bits per heavy atom. The molecule has 11 heteroatoms. The first-order valence-electron chi connectivity index (χ1n) is 12.9. The number of esters is 1. The molecule has 5 rings (SSSR count). The molecule has 1 N–H and O–H groups in total. The number of nitrogens with zero attached hydrogens (tertiary/aromatic N) is 3. The first kappa shape index (κ1) is 26.8. The summed E-state index contributed by atoms with van der Waals surface area (Å²) in [5.41, 5.74) is 1.21. The third-order valence-corrected chi connectivity index (χ3v) is 8.04.